The monoisotopic (exact) mass is 216 g/mol. The van der Waals surface area contributed by atoms with Crippen LogP contribution in [0, 0.1) is 5.82 Å². The van der Waals surface area contributed by atoms with Gasteiger partial charge in [-0.1, -0.05) is 12.1 Å². The second-order valence-electron chi connectivity index (χ2n) is 3.52. The average molecular weight is 216 g/mol. The fourth-order valence-corrected chi connectivity index (χ4v) is 1.88. The summed E-state index contributed by atoms with van der Waals surface area (Å²) in [6.07, 6.45) is 0. The molecule has 16 heavy (non-hydrogen) atoms. The molecule has 0 spiro atoms. The summed E-state index contributed by atoms with van der Waals surface area (Å²) in [6, 6.07) is 8.56. The maximum absolute atomic E-state index is 13.8. The molecule has 0 fully saturated rings. The van der Waals surface area contributed by atoms with E-state index in [0.29, 0.717) is 17.0 Å². The van der Waals surface area contributed by atoms with Gasteiger partial charge in [0.05, 0.1) is 12.1 Å². The number of aromatic nitrogens is 3. The van der Waals surface area contributed by atoms with Crippen LogP contribution in [0.2, 0.25) is 0 Å². The highest BCUT2D eigenvalue weighted by molar-refractivity contribution is 5.82. The number of rotatable bonds is 1. The summed E-state index contributed by atoms with van der Waals surface area (Å²) in [5.74, 6) is 0.267. The van der Waals surface area contributed by atoms with Gasteiger partial charge < -0.3 is 5.73 Å². The Kier molecular flexibility index (Phi) is 1.87. The lowest BCUT2D eigenvalue weighted by Crippen LogP contribution is -2.04. The molecule has 3 aromatic rings. The molecule has 0 aliphatic heterocycles. The molecule has 0 amide bonds. The fourth-order valence-electron chi connectivity index (χ4n) is 1.88. The summed E-state index contributed by atoms with van der Waals surface area (Å²) in [7, 11) is 0. The molecule has 0 aliphatic rings. The highest BCUT2D eigenvalue weighted by atomic mass is 19.1. The largest absolute Gasteiger partial charge is 0.324 e. The maximum Gasteiger partial charge on any atom is 0.161 e. The molecule has 5 heteroatoms. The van der Waals surface area contributed by atoms with E-state index in [4.69, 9.17) is 5.73 Å². The van der Waals surface area contributed by atoms with Crippen molar-refractivity contribution in [3.63, 3.8) is 0 Å². The third kappa shape index (κ3) is 1.12. The minimum absolute atomic E-state index is 0.231. The summed E-state index contributed by atoms with van der Waals surface area (Å²) in [5, 5.41) is 8.68. The van der Waals surface area contributed by atoms with Crippen molar-refractivity contribution in [3.05, 3.63) is 42.0 Å². The second kappa shape index (κ2) is 3.24. The van der Waals surface area contributed by atoms with Crippen LogP contribution in [0.15, 0.2) is 30.3 Å². The van der Waals surface area contributed by atoms with E-state index in [2.05, 4.69) is 10.2 Å². The summed E-state index contributed by atoms with van der Waals surface area (Å²) < 4.78 is 15.5. The van der Waals surface area contributed by atoms with E-state index in [-0.39, 0.29) is 12.4 Å². The number of pyridine rings is 1. The van der Waals surface area contributed by atoms with Crippen molar-refractivity contribution in [3.8, 4) is 0 Å². The van der Waals surface area contributed by atoms with Gasteiger partial charge in [0.25, 0.3) is 0 Å². The van der Waals surface area contributed by atoms with Gasteiger partial charge in [-0.15, -0.1) is 10.2 Å². The zero-order chi connectivity index (χ0) is 11.1. The van der Waals surface area contributed by atoms with E-state index < -0.39 is 0 Å². The Morgan fingerprint density at radius 1 is 1.19 bits per heavy atom. The van der Waals surface area contributed by atoms with Gasteiger partial charge in [-0.25, -0.2) is 4.39 Å². The molecule has 0 saturated heterocycles. The third-order valence-corrected chi connectivity index (χ3v) is 2.59. The molecule has 0 bridgehead atoms. The van der Waals surface area contributed by atoms with E-state index in [9.17, 15) is 4.39 Å². The van der Waals surface area contributed by atoms with E-state index in [1.807, 2.05) is 12.1 Å². The number of hydrogen-bond donors (Lipinski definition) is 1. The number of para-hydroxylation sites is 1. The van der Waals surface area contributed by atoms with Gasteiger partial charge >= 0.3 is 0 Å². The Balaban J connectivity index is 2.60. The van der Waals surface area contributed by atoms with Gasteiger partial charge in [0, 0.05) is 5.39 Å². The first-order chi connectivity index (χ1) is 7.81. The molecule has 80 valence electrons. The van der Waals surface area contributed by atoms with Crippen LogP contribution in [0.25, 0.3) is 16.6 Å². The summed E-state index contributed by atoms with van der Waals surface area (Å²) in [6.45, 7) is 0.231. The first kappa shape index (κ1) is 9.23. The van der Waals surface area contributed by atoms with E-state index >= 15 is 0 Å². The van der Waals surface area contributed by atoms with Crippen molar-refractivity contribution in [2.75, 3.05) is 0 Å². The molecule has 0 unspecified atom stereocenters. The Hall–Kier alpha value is -2.01. The van der Waals surface area contributed by atoms with Crippen molar-refractivity contribution in [1.82, 2.24) is 14.6 Å². The second-order valence-corrected chi connectivity index (χ2v) is 3.52. The molecule has 3 rings (SSSR count). The van der Waals surface area contributed by atoms with Crippen LogP contribution in [0.5, 0.6) is 0 Å². The maximum atomic E-state index is 13.8. The fraction of sp³-hybridized carbons (Fsp3) is 0.0909. The molecule has 0 atom stereocenters. The van der Waals surface area contributed by atoms with Gasteiger partial charge in [0.2, 0.25) is 0 Å². The molecule has 2 heterocycles. The van der Waals surface area contributed by atoms with Crippen LogP contribution in [-0.2, 0) is 6.54 Å². The van der Waals surface area contributed by atoms with E-state index in [1.54, 1.807) is 16.5 Å². The standard InChI is InChI=1S/C11H9FN4/c12-8-3-1-2-7-4-5-9-14-15-10(6-13)16(9)11(7)8/h1-5H,6,13H2. The highest BCUT2D eigenvalue weighted by Crippen LogP contribution is 2.20. The van der Waals surface area contributed by atoms with Crippen molar-refractivity contribution in [2.45, 2.75) is 6.54 Å². The number of halogens is 1. The quantitative estimate of drug-likeness (QED) is 0.670. The predicted molar refractivity (Wildman–Crippen MR) is 58.3 cm³/mol. The first-order valence-electron chi connectivity index (χ1n) is 4.92. The smallest absolute Gasteiger partial charge is 0.161 e. The van der Waals surface area contributed by atoms with Crippen molar-refractivity contribution >= 4 is 16.6 Å². The minimum atomic E-state index is -0.294. The third-order valence-electron chi connectivity index (χ3n) is 2.59. The number of hydrogen-bond acceptors (Lipinski definition) is 3. The topological polar surface area (TPSA) is 56.2 Å². The Labute approximate surface area is 90.5 Å². The normalized spacial score (nSPS) is 11.4. The Morgan fingerprint density at radius 3 is 2.88 bits per heavy atom. The zero-order valence-electron chi connectivity index (χ0n) is 8.39. The number of nitrogens with zero attached hydrogens (tertiary/aromatic N) is 3. The molecular formula is C11H9FN4. The number of benzene rings is 1. The zero-order valence-corrected chi connectivity index (χ0v) is 8.39. The SMILES string of the molecule is NCc1nnc2ccc3cccc(F)c3n12. The molecule has 1 aromatic carbocycles. The van der Waals surface area contributed by atoms with Crippen molar-refractivity contribution in [1.29, 1.82) is 0 Å². The number of nitrogens with two attached hydrogens (primary N) is 1. The molecule has 0 saturated carbocycles. The van der Waals surface area contributed by atoms with Gasteiger partial charge in [-0.05, 0) is 18.2 Å². The molecule has 2 N–H and O–H groups in total. The molecular weight excluding hydrogens is 207 g/mol. The Bertz CT molecular complexity index is 674. The lowest BCUT2D eigenvalue weighted by molar-refractivity contribution is 0.634. The highest BCUT2D eigenvalue weighted by Gasteiger charge is 2.10. The van der Waals surface area contributed by atoms with Crippen LogP contribution in [0.4, 0.5) is 4.39 Å². The van der Waals surface area contributed by atoms with Crippen molar-refractivity contribution < 1.29 is 4.39 Å². The summed E-state index contributed by atoms with van der Waals surface area (Å²) in [5.41, 5.74) is 6.64. The molecule has 0 radical (unpaired) electrons. The van der Waals surface area contributed by atoms with E-state index in [1.165, 1.54) is 6.07 Å². The van der Waals surface area contributed by atoms with Crippen LogP contribution >= 0.6 is 0 Å². The van der Waals surface area contributed by atoms with Crippen LogP contribution in [0.1, 0.15) is 5.82 Å². The average Bonchev–Trinajstić information content (AvgIpc) is 2.72. The van der Waals surface area contributed by atoms with Crippen LogP contribution in [-0.4, -0.2) is 14.6 Å². The predicted octanol–water partition coefficient (Wildman–Crippen LogP) is 1.48. The Morgan fingerprint density at radius 2 is 2.06 bits per heavy atom. The minimum Gasteiger partial charge on any atom is -0.324 e. The lowest BCUT2D eigenvalue weighted by atomic mass is 10.2. The summed E-state index contributed by atoms with van der Waals surface area (Å²) >= 11 is 0. The van der Waals surface area contributed by atoms with Gasteiger partial charge in [0.15, 0.2) is 11.5 Å². The van der Waals surface area contributed by atoms with Gasteiger partial charge in [-0.3, -0.25) is 4.40 Å². The first-order valence-corrected chi connectivity index (χ1v) is 4.92. The van der Waals surface area contributed by atoms with Gasteiger partial charge in [-0.2, -0.15) is 0 Å². The molecule has 0 aliphatic carbocycles. The van der Waals surface area contributed by atoms with Crippen LogP contribution in [0.3, 0.4) is 0 Å². The lowest BCUT2D eigenvalue weighted by Gasteiger charge is -2.04. The number of fused-ring (bicyclic) bond motifs is 3. The van der Waals surface area contributed by atoms with E-state index in [0.717, 1.165) is 5.39 Å². The summed E-state index contributed by atoms with van der Waals surface area (Å²) in [4.78, 5) is 0. The van der Waals surface area contributed by atoms with Crippen LogP contribution < -0.4 is 5.73 Å². The molecule has 4 nitrogen and oxygen atoms in total. The van der Waals surface area contributed by atoms with Crippen molar-refractivity contribution in [2.24, 2.45) is 5.73 Å². The molecule has 2 aromatic heterocycles. The van der Waals surface area contributed by atoms with Gasteiger partial charge in [0.1, 0.15) is 5.82 Å².